The van der Waals surface area contributed by atoms with Gasteiger partial charge >= 0.3 is 0 Å². The molecular weight excluding hydrogens is 251 g/mol. The highest BCUT2D eigenvalue weighted by atomic mass is 127. The summed E-state index contributed by atoms with van der Waals surface area (Å²) in [7, 11) is 0. The lowest BCUT2D eigenvalue weighted by Crippen LogP contribution is -2.22. The van der Waals surface area contributed by atoms with Gasteiger partial charge in [-0.25, -0.2) is 5.11 Å². The van der Waals surface area contributed by atoms with E-state index >= 15 is 0 Å². The van der Waals surface area contributed by atoms with Crippen molar-refractivity contribution in [3.63, 3.8) is 0 Å². The van der Waals surface area contributed by atoms with E-state index in [0.717, 1.165) is 12.8 Å². The first-order chi connectivity index (χ1) is 5.02. The van der Waals surface area contributed by atoms with Gasteiger partial charge in [0.05, 0.1) is 6.61 Å². The molecule has 2 atom stereocenters. The maximum Gasteiger partial charge on any atom is 0.0965 e. The van der Waals surface area contributed by atoms with Gasteiger partial charge in [0, 0.05) is 3.42 Å². The molecule has 0 aliphatic rings. The van der Waals surface area contributed by atoms with Gasteiger partial charge in [-0.15, -0.1) is 6.58 Å². The molecule has 0 spiro atoms. The summed E-state index contributed by atoms with van der Waals surface area (Å²) in [5.41, 5.74) is 0. The fourth-order valence-corrected chi connectivity index (χ4v) is 1.91. The zero-order valence-electron chi connectivity index (χ0n) is 7.27. The quantitative estimate of drug-likeness (QED) is 0.414. The average Bonchev–Trinajstić information content (AvgIpc) is 1.87. The van der Waals surface area contributed by atoms with Gasteiger partial charge in [-0.2, -0.15) is 0 Å². The lowest BCUT2D eigenvalue weighted by molar-refractivity contribution is 0.161. The molecule has 0 bridgehead atoms. The number of rotatable bonds is 5. The molecule has 0 N–H and O–H groups in total. The van der Waals surface area contributed by atoms with Crippen molar-refractivity contribution >= 4 is 22.6 Å². The molecule has 0 amide bonds. The molecule has 2 heteroatoms. The van der Waals surface area contributed by atoms with Gasteiger partial charge in [0.1, 0.15) is 0 Å². The molecule has 0 aliphatic carbocycles. The van der Waals surface area contributed by atoms with Crippen LogP contribution in [-0.2, 0) is 5.11 Å². The van der Waals surface area contributed by atoms with Crippen molar-refractivity contribution in [3.05, 3.63) is 12.7 Å². The lowest BCUT2D eigenvalue weighted by Gasteiger charge is -2.21. The number of alkyl halides is 1. The highest BCUT2D eigenvalue weighted by molar-refractivity contribution is 14.1. The highest BCUT2D eigenvalue weighted by Crippen LogP contribution is 2.27. The summed E-state index contributed by atoms with van der Waals surface area (Å²) in [4.78, 5) is 0. The average molecular weight is 267 g/mol. The van der Waals surface area contributed by atoms with Crippen LogP contribution in [0.1, 0.15) is 26.7 Å². The molecular formula is C9H16IO. The van der Waals surface area contributed by atoms with Crippen molar-refractivity contribution in [2.45, 2.75) is 30.1 Å². The Kier molecular flexibility index (Phi) is 5.34. The Hall–Kier alpha value is 0.430. The lowest BCUT2D eigenvalue weighted by atomic mass is 9.95. The van der Waals surface area contributed by atoms with Crippen LogP contribution in [0.2, 0.25) is 0 Å². The SMILES string of the molecule is C=CCC(C)CC(C)(I)C[O]. The van der Waals surface area contributed by atoms with Crippen LogP contribution in [0, 0.1) is 5.92 Å². The smallest absolute Gasteiger partial charge is 0.0965 e. The Balaban J connectivity index is 3.72. The third kappa shape index (κ3) is 5.67. The van der Waals surface area contributed by atoms with Crippen LogP contribution in [0.5, 0.6) is 0 Å². The summed E-state index contributed by atoms with van der Waals surface area (Å²) < 4.78 is -0.0693. The Morgan fingerprint density at radius 2 is 2.27 bits per heavy atom. The van der Waals surface area contributed by atoms with Crippen molar-refractivity contribution in [2.24, 2.45) is 5.92 Å². The van der Waals surface area contributed by atoms with Gasteiger partial charge in [-0.1, -0.05) is 35.6 Å². The monoisotopic (exact) mass is 267 g/mol. The molecule has 0 saturated heterocycles. The summed E-state index contributed by atoms with van der Waals surface area (Å²) in [6.45, 7) is 7.86. The van der Waals surface area contributed by atoms with Gasteiger partial charge in [-0.05, 0) is 25.7 Å². The van der Waals surface area contributed by atoms with Crippen LogP contribution in [0.4, 0.5) is 0 Å². The van der Waals surface area contributed by atoms with Crippen molar-refractivity contribution < 1.29 is 5.11 Å². The molecule has 0 rings (SSSR count). The van der Waals surface area contributed by atoms with E-state index in [4.69, 9.17) is 0 Å². The third-order valence-electron chi connectivity index (χ3n) is 1.64. The molecule has 2 unspecified atom stereocenters. The molecule has 0 aromatic carbocycles. The molecule has 0 fully saturated rings. The van der Waals surface area contributed by atoms with Gasteiger partial charge in [0.2, 0.25) is 0 Å². The Morgan fingerprint density at radius 1 is 1.73 bits per heavy atom. The van der Waals surface area contributed by atoms with Gasteiger partial charge in [0.15, 0.2) is 0 Å². The fourth-order valence-electron chi connectivity index (χ4n) is 1.15. The Morgan fingerprint density at radius 3 is 2.64 bits per heavy atom. The van der Waals surface area contributed by atoms with Crippen molar-refractivity contribution in [3.8, 4) is 0 Å². The van der Waals surface area contributed by atoms with Crippen LogP contribution in [0.25, 0.3) is 0 Å². The molecule has 0 aromatic rings. The van der Waals surface area contributed by atoms with Crippen LogP contribution < -0.4 is 0 Å². The number of hydrogen-bond donors (Lipinski definition) is 0. The maximum atomic E-state index is 10.7. The van der Waals surface area contributed by atoms with E-state index < -0.39 is 0 Å². The molecule has 11 heavy (non-hydrogen) atoms. The number of allylic oxidation sites excluding steroid dienone is 1. The van der Waals surface area contributed by atoms with Crippen molar-refractivity contribution in [1.82, 2.24) is 0 Å². The third-order valence-corrected chi connectivity index (χ3v) is 2.40. The van der Waals surface area contributed by atoms with Crippen molar-refractivity contribution in [1.29, 1.82) is 0 Å². The summed E-state index contributed by atoms with van der Waals surface area (Å²) in [5, 5.41) is 10.7. The first kappa shape index (κ1) is 11.4. The summed E-state index contributed by atoms with van der Waals surface area (Å²) in [6, 6.07) is 0. The van der Waals surface area contributed by atoms with Gasteiger partial charge < -0.3 is 0 Å². The van der Waals surface area contributed by atoms with Crippen LogP contribution >= 0.6 is 22.6 Å². The van der Waals surface area contributed by atoms with E-state index in [9.17, 15) is 5.11 Å². The van der Waals surface area contributed by atoms with E-state index in [2.05, 4.69) is 36.1 Å². The van der Waals surface area contributed by atoms with Crippen molar-refractivity contribution in [2.75, 3.05) is 6.61 Å². The number of hydrogen-bond acceptors (Lipinski definition) is 0. The molecule has 65 valence electrons. The van der Waals surface area contributed by atoms with E-state index in [0.29, 0.717) is 5.92 Å². The molecule has 1 nitrogen and oxygen atoms in total. The first-order valence-electron chi connectivity index (χ1n) is 3.90. The zero-order valence-corrected chi connectivity index (χ0v) is 9.43. The minimum atomic E-state index is -0.0693. The predicted octanol–water partition coefficient (Wildman–Crippen LogP) is 3.21. The Bertz CT molecular complexity index is 121. The van der Waals surface area contributed by atoms with Crippen LogP contribution in [0.3, 0.4) is 0 Å². The molecule has 0 aliphatic heterocycles. The van der Waals surface area contributed by atoms with E-state index in [1.807, 2.05) is 13.0 Å². The minimum Gasteiger partial charge on any atom is -0.235 e. The number of halogens is 1. The molecule has 0 heterocycles. The van der Waals surface area contributed by atoms with E-state index in [-0.39, 0.29) is 10.0 Å². The van der Waals surface area contributed by atoms with E-state index in [1.165, 1.54) is 0 Å². The standard InChI is InChI=1S/C9H16IO/c1-4-5-8(2)6-9(3,10)7-11/h4,8H,1,5-7H2,2-3H3. The molecule has 1 radical (unpaired) electrons. The predicted molar refractivity (Wildman–Crippen MR) is 56.6 cm³/mol. The Labute approximate surface area is 83.0 Å². The van der Waals surface area contributed by atoms with Crippen LogP contribution in [-0.4, -0.2) is 10.0 Å². The second kappa shape index (κ2) is 5.14. The molecule has 0 saturated carbocycles. The van der Waals surface area contributed by atoms with Gasteiger partial charge in [0.25, 0.3) is 0 Å². The fraction of sp³-hybridized carbons (Fsp3) is 0.778. The normalized spacial score (nSPS) is 18.9. The first-order valence-corrected chi connectivity index (χ1v) is 4.97. The largest absolute Gasteiger partial charge is 0.235 e. The summed E-state index contributed by atoms with van der Waals surface area (Å²) in [5.74, 6) is 0.586. The second-order valence-electron chi connectivity index (χ2n) is 3.39. The summed E-state index contributed by atoms with van der Waals surface area (Å²) in [6.07, 6.45) is 3.92. The van der Waals surface area contributed by atoms with Crippen LogP contribution in [0.15, 0.2) is 12.7 Å². The topological polar surface area (TPSA) is 19.9 Å². The molecule has 0 aromatic heterocycles. The maximum absolute atomic E-state index is 10.7. The van der Waals surface area contributed by atoms with E-state index in [1.54, 1.807) is 0 Å². The zero-order chi connectivity index (χ0) is 8.91. The minimum absolute atomic E-state index is 0.00897. The summed E-state index contributed by atoms with van der Waals surface area (Å²) >= 11 is 2.25. The van der Waals surface area contributed by atoms with Gasteiger partial charge in [-0.3, -0.25) is 0 Å². The highest BCUT2D eigenvalue weighted by Gasteiger charge is 2.21. The second-order valence-corrected chi connectivity index (χ2v) is 6.00.